The molecule has 2 aromatic rings. The summed E-state index contributed by atoms with van der Waals surface area (Å²) in [6.07, 6.45) is 14.9. The second-order valence-corrected chi connectivity index (χ2v) is 10.3. The molecule has 0 aromatic heterocycles. The number of hydrogen-bond acceptors (Lipinski definition) is 7. The summed E-state index contributed by atoms with van der Waals surface area (Å²) in [6.45, 7) is 3.29. The fraction of sp³-hybridized carbons (Fsp3) is 0.500. The first kappa shape index (κ1) is 30.2. The van der Waals surface area contributed by atoms with Gasteiger partial charge < -0.3 is 25.7 Å². The number of carbonyl (C=O) groups is 2. The predicted molar refractivity (Wildman–Crippen MR) is 156 cm³/mol. The molecule has 39 heavy (non-hydrogen) atoms. The lowest BCUT2D eigenvalue weighted by molar-refractivity contribution is -0.137. The van der Waals surface area contributed by atoms with Crippen LogP contribution in [0.5, 0.6) is 0 Å². The minimum Gasteiger partial charge on any atom is -0.462 e. The van der Waals surface area contributed by atoms with Crippen LogP contribution >= 0.6 is 0 Å². The zero-order chi connectivity index (χ0) is 27.9. The molecule has 3 rings (SSSR count). The molecule has 0 aliphatic heterocycles. The summed E-state index contributed by atoms with van der Waals surface area (Å²) in [5, 5.41) is 0. The first-order chi connectivity index (χ1) is 18.9. The van der Waals surface area contributed by atoms with Crippen LogP contribution in [0.25, 0.3) is 6.08 Å². The number of nitrogen functional groups attached to an aromatic ring is 2. The Balaban J connectivity index is 1.31. The number of esters is 2. The molecule has 0 atom stereocenters. The topological polar surface area (TPSA) is 114 Å². The van der Waals surface area contributed by atoms with E-state index in [9.17, 15) is 9.59 Å². The molecule has 7 nitrogen and oxygen atoms in total. The van der Waals surface area contributed by atoms with Crippen LogP contribution < -0.4 is 11.5 Å². The number of anilines is 2. The standard InChI is InChI=1S/C32H44N2O5/c1-2-3-4-5-6-7-19-37-29-13-15-30(16-14-29)39-32(36)26-11-8-24(9-12-26)10-17-31(35)38-20-18-25-21-27(33)23-28(34)22-25/h8-12,17,21-23,29-30H,2-7,13-16,18-20,33-34H2,1H3/b17-10+. The molecular weight excluding hydrogens is 492 g/mol. The Hall–Kier alpha value is -3.32. The van der Waals surface area contributed by atoms with Crippen LogP contribution in [-0.4, -0.2) is 37.4 Å². The van der Waals surface area contributed by atoms with Crippen molar-refractivity contribution in [2.24, 2.45) is 0 Å². The third kappa shape index (κ3) is 11.5. The minimum atomic E-state index is -0.443. The van der Waals surface area contributed by atoms with Gasteiger partial charge in [0.05, 0.1) is 18.3 Å². The van der Waals surface area contributed by atoms with Crippen LogP contribution in [0, 0.1) is 0 Å². The highest BCUT2D eigenvalue weighted by atomic mass is 16.5. The quantitative estimate of drug-likeness (QED) is 0.116. The minimum absolute atomic E-state index is 0.0653. The number of hydrogen-bond donors (Lipinski definition) is 2. The highest BCUT2D eigenvalue weighted by Crippen LogP contribution is 2.25. The Labute approximate surface area is 232 Å². The molecule has 2 aromatic carbocycles. The molecule has 0 bridgehead atoms. The van der Waals surface area contributed by atoms with Crippen LogP contribution in [0.3, 0.4) is 0 Å². The number of nitrogens with two attached hydrogens (primary N) is 2. The molecule has 212 valence electrons. The van der Waals surface area contributed by atoms with Gasteiger partial charge >= 0.3 is 11.9 Å². The second kappa shape index (κ2) is 16.6. The van der Waals surface area contributed by atoms with Gasteiger partial charge in [-0.2, -0.15) is 0 Å². The fourth-order valence-corrected chi connectivity index (χ4v) is 4.77. The number of benzene rings is 2. The largest absolute Gasteiger partial charge is 0.462 e. The van der Waals surface area contributed by atoms with Gasteiger partial charge in [0.1, 0.15) is 6.10 Å². The first-order valence-electron chi connectivity index (χ1n) is 14.4. The summed E-state index contributed by atoms with van der Waals surface area (Å²) in [4.78, 5) is 24.6. The van der Waals surface area contributed by atoms with E-state index in [1.165, 1.54) is 38.2 Å². The van der Waals surface area contributed by atoms with Crippen LogP contribution in [0.4, 0.5) is 11.4 Å². The lowest BCUT2D eigenvalue weighted by Crippen LogP contribution is -2.28. The van der Waals surface area contributed by atoms with E-state index in [1.54, 1.807) is 36.4 Å². The monoisotopic (exact) mass is 536 g/mol. The molecule has 1 aliphatic carbocycles. The van der Waals surface area contributed by atoms with Crippen molar-refractivity contribution in [3.63, 3.8) is 0 Å². The van der Waals surface area contributed by atoms with E-state index >= 15 is 0 Å². The van der Waals surface area contributed by atoms with Gasteiger partial charge in [-0.15, -0.1) is 0 Å². The number of unbranched alkanes of at least 4 members (excludes halogenated alkanes) is 5. The van der Waals surface area contributed by atoms with Crippen molar-refractivity contribution >= 4 is 29.4 Å². The van der Waals surface area contributed by atoms with Gasteiger partial charge in [-0.1, -0.05) is 51.2 Å². The van der Waals surface area contributed by atoms with E-state index in [4.69, 9.17) is 25.7 Å². The maximum Gasteiger partial charge on any atom is 0.338 e. The van der Waals surface area contributed by atoms with Crippen LogP contribution in [-0.2, 0) is 25.4 Å². The zero-order valence-electron chi connectivity index (χ0n) is 23.2. The molecular formula is C32H44N2O5. The molecule has 1 aliphatic rings. The lowest BCUT2D eigenvalue weighted by Gasteiger charge is -2.28. The molecule has 0 unspecified atom stereocenters. The molecule has 0 saturated heterocycles. The molecule has 1 saturated carbocycles. The Morgan fingerprint density at radius 2 is 1.49 bits per heavy atom. The molecule has 4 N–H and O–H groups in total. The van der Waals surface area contributed by atoms with Gasteiger partial charge in [-0.25, -0.2) is 9.59 Å². The first-order valence-corrected chi connectivity index (χ1v) is 14.4. The third-order valence-corrected chi connectivity index (χ3v) is 6.98. The normalized spacial score (nSPS) is 17.3. The van der Waals surface area contributed by atoms with Crippen molar-refractivity contribution in [1.29, 1.82) is 0 Å². The Bertz CT molecular complexity index is 1040. The van der Waals surface area contributed by atoms with Gasteiger partial charge in [0, 0.05) is 30.5 Å². The fourth-order valence-electron chi connectivity index (χ4n) is 4.77. The molecule has 1 fully saturated rings. The summed E-state index contributed by atoms with van der Waals surface area (Å²) in [6, 6.07) is 12.3. The molecule has 0 radical (unpaired) electrons. The van der Waals surface area contributed by atoms with E-state index in [2.05, 4.69) is 6.92 Å². The molecule has 0 heterocycles. The summed E-state index contributed by atoms with van der Waals surface area (Å²) in [7, 11) is 0. The van der Waals surface area contributed by atoms with Gasteiger partial charge in [0.25, 0.3) is 0 Å². The molecule has 0 spiro atoms. The summed E-state index contributed by atoms with van der Waals surface area (Å²) in [5.41, 5.74) is 14.9. The van der Waals surface area contributed by atoms with Crippen molar-refractivity contribution in [2.75, 3.05) is 24.7 Å². The number of rotatable bonds is 15. The maximum absolute atomic E-state index is 12.6. The summed E-state index contributed by atoms with van der Waals surface area (Å²) < 4.78 is 17.0. The van der Waals surface area contributed by atoms with E-state index in [1.807, 2.05) is 12.1 Å². The number of ether oxygens (including phenoxy) is 3. The van der Waals surface area contributed by atoms with Crippen LogP contribution in [0.1, 0.15) is 92.6 Å². The smallest absolute Gasteiger partial charge is 0.338 e. The maximum atomic E-state index is 12.6. The summed E-state index contributed by atoms with van der Waals surface area (Å²) in [5.74, 6) is -0.759. The average molecular weight is 537 g/mol. The Kier molecular flexibility index (Phi) is 12.9. The second-order valence-electron chi connectivity index (χ2n) is 10.3. The van der Waals surface area contributed by atoms with Gasteiger partial charge in [0.15, 0.2) is 0 Å². The van der Waals surface area contributed by atoms with Gasteiger partial charge in [0.2, 0.25) is 0 Å². The highest BCUT2D eigenvalue weighted by Gasteiger charge is 2.24. The lowest BCUT2D eigenvalue weighted by atomic mass is 9.95. The van der Waals surface area contributed by atoms with Crippen molar-refractivity contribution in [3.05, 3.63) is 65.2 Å². The van der Waals surface area contributed by atoms with E-state index in [-0.39, 0.29) is 24.8 Å². The van der Waals surface area contributed by atoms with E-state index in [0.29, 0.717) is 23.4 Å². The van der Waals surface area contributed by atoms with Crippen LogP contribution in [0.2, 0.25) is 0 Å². The van der Waals surface area contributed by atoms with E-state index in [0.717, 1.165) is 49.8 Å². The SMILES string of the molecule is CCCCCCCCOC1CCC(OC(=O)c2ccc(/C=C/C(=O)OCCc3cc(N)cc(N)c3)cc2)CC1. The van der Waals surface area contributed by atoms with Gasteiger partial charge in [-0.05, 0) is 79.6 Å². The van der Waals surface area contributed by atoms with E-state index < -0.39 is 5.97 Å². The van der Waals surface area contributed by atoms with Crippen molar-refractivity contribution in [1.82, 2.24) is 0 Å². The van der Waals surface area contributed by atoms with Crippen molar-refractivity contribution in [2.45, 2.75) is 89.8 Å². The summed E-state index contributed by atoms with van der Waals surface area (Å²) >= 11 is 0. The number of carbonyl (C=O) groups excluding carboxylic acids is 2. The third-order valence-electron chi connectivity index (χ3n) is 6.98. The zero-order valence-corrected chi connectivity index (χ0v) is 23.2. The van der Waals surface area contributed by atoms with Crippen molar-refractivity contribution < 1.29 is 23.8 Å². The van der Waals surface area contributed by atoms with Crippen LogP contribution in [0.15, 0.2) is 48.5 Å². The van der Waals surface area contributed by atoms with Gasteiger partial charge in [-0.3, -0.25) is 0 Å². The molecule has 7 heteroatoms. The Morgan fingerprint density at radius 3 is 2.18 bits per heavy atom. The average Bonchev–Trinajstić information content (AvgIpc) is 2.92. The predicted octanol–water partition coefficient (Wildman–Crippen LogP) is 6.50. The molecule has 0 amide bonds. The Morgan fingerprint density at radius 1 is 0.846 bits per heavy atom. The highest BCUT2D eigenvalue weighted by molar-refractivity contribution is 5.90. The van der Waals surface area contributed by atoms with Crippen molar-refractivity contribution in [3.8, 4) is 0 Å².